The average Bonchev–Trinajstić information content (AvgIpc) is 2.88. The molecule has 5 heteroatoms. The van der Waals surface area contributed by atoms with E-state index < -0.39 is 5.92 Å². The summed E-state index contributed by atoms with van der Waals surface area (Å²) in [5, 5.41) is 8.01. The zero-order chi connectivity index (χ0) is 13.5. The van der Waals surface area contributed by atoms with Crippen LogP contribution in [0, 0.1) is 0 Å². The number of aromatic amines is 1. The molecule has 0 spiro atoms. The minimum Gasteiger partial charge on any atom is -0.330 e. The van der Waals surface area contributed by atoms with Crippen molar-refractivity contribution in [1.29, 1.82) is 0 Å². The van der Waals surface area contributed by atoms with Gasteiger partial charge in [0, 0.05) is 30.2 Å². The SMILES string of the molecule is NCC1(c2cccc3cn[nH]c23)CCC(F)(F)CC1. The van der Waals surface area contributed by atoms with Gasteiger partial charge in [-0.3, -0.25) is 5.10 Å². The molecule has 1 aromatic heterocycles. The standard InChI is InChI=1S/C14H17F2N3/c15-14(16)6-4-13(9-17,5-7-14)11-3-1-2-10-8-18-19-12(10)11/h1-3,8H,4-7,9,17H2,(H,18,19). The number of aromatic nitrogens is 2. The first kappa shape index (κ1) is 12.5. The second-order valence-corrected chi connectivity index (χ2v) is 5.48. The number of H-pyrrole nitrogens is 1. The fourth-order valence-corrected chi connectivity index (χ4v) is 3.09. The van der Waals surface area contributed by atoms with Crippen molar-refractivity contribution in [3.8, 4) is 0 Å². The van der Waals surface area contributed by atoms with Gasteiger partial charge in [-0.15, -0.1) is 0 Å². The van der Waals surface area contributed by atoms with Gasteiger partial charge in [-0.1, -0.05) is 18.2 Å². The van der Waals surface area contributed by atoms with E-state index >= 15 is 0 Å². The van der Waals surface area contributed by atoms with Crippen LogP contribution < -0.4 is 5.73 Å². The fraction of sp³-hybridized carbons (Fsp3) is 0.500. The lowest BCUT2D eigenvalue weighted by Gasteiger charge is -2.40. The van der Waals surface area contributed by atoms with Gasteiger partial charge in [0.25, 0.3) is 0 Å². The predicted molar refractivity (Wildman–Crippen MR) is 70.2 cm³/mol. The predicted octanol–water partition coefficient (Wildman–Crippen LogP) is 2.97. The summed E-state index contributed by atoms with van der Waals surface area (Å²) in [6.45, 7) is 0.390. The van der Waals surface area contributed by atoms with Crippen LogP contribution in [0.1, 0.15) is 31.2 Å². The summed E-state index contributed by atoms with van der Waals surface area (Å²) < 4.78 is 26.8. The molecule has 0 bridgehead atoms. The molecule has 0 amide bonds. The first-order valence-corrected chi connectivity index (χ1v) is 6.57. The number of alkyl halides is 2. The van der Waals surface area contributed by atoms with Gasteiger partial charge in [0.2, 0.25) is 5.92 Å². The van der Waals surface area contributed by atoms with E-state index in [0.717, 1.165) is 16.5 Å². The second-order valence-electron chi connectivity index (χ2n) is 5.48. The molecular weight excluding hydrogens is 248 g/mol. The maximum atomic E-state index is 13.4. The van der Waals surface area contributed by atoms with Crippen LogP contribution in [-0.2, 0) is 5.41 Å². The lowest BCUT2D eigenvalue weighted by atomic mass is 9.68. The Morgan fingerprint density at radius 3 is 2.63 bits per heavy atom. The minimum absolute atomic E-state index is 0.0886. The number of benzene rings is 1. The Balaban J connectivity index is 2.05. The summed E-state index contributed by atoms with van der Waals surface area (Å²) in [7, 11) is 0. The first-order chi connectivity index (χ1) is 9.06. The second kappa shape index (κ2) is 4.27. The van der Waals surface area contributed by atoms with Crippen LogP contribution in [0.25, 0.3) is 10.9 Å². The first-order valence-electron chi connectivity index (χ1n) is 6.57. The molecule has 1 fully saturated rings. The Morgan fingerprint density at radius 1 is 1.21 bits per heavy atom. The van der Waals surface area contributed by atoms with Crippen molar-refractivity contribution in [2.24, 2.45) is 5.73 Å². The number of nitrogens with one attached hydrogen (secondary N) is 1. The third kappa shape index (κ3) is 2.02. The topological polar surface area (TPSA) is 54.7 Å². The van der Waals surface area contributed by atoms with E-state index in [0.29, 0.717) is 19.4 Å². The van der Waals surface area contributed by atoms with Crippen molar-refractivity contribution in [3.05, 3.63) is 30.0 Å². The molecule has 1 heterocycles. The maximum absolute atomic E-state index is 13.4. The summed E-state index contributed by atoms with van der Waals surface area (Å²) in [5.41, 5.74) is 7.54. The molecule has 3 nitrogen and oxygen atoms in total. The number of hydrogen-bond acceptors (Lipinski definition) is 2. The fourth-order valence-electron chi connectivity index (χ4n) is 3.09. The van der Waals surface area contributed by atoms with E-state index in [2.05, 4.69) is 10.2 Å². The number of nitrogens with zero attached hydrogens (tertiary/aromatic N) is 1. The van der Waals surface area contributed by atoms with Gasteiger partial charge in [-0.05, 0) is 18.4 Å². The van der Waals surface area contributed by atoms with Crippen molar-refractivity contribution < 1.29 is 8.78 Å². The van der Waals surface area contributed by atoms with Gasteiger partial charge >= 0.3 is 0 Å². The third-order valence-corrected chi connectivity index (χ3v) is 4.38. The molecule has 0 aliphatic heterocycles. The van der Waals surface area contributed by atoms with Crippen LogP contribution in [0.4, 0.5) is 8.78 Å². The molecule has 19 heavy (non-hydrogen) atoms. The average molecular weight is 265 g/mol. The van der Waals surface area contributed by atoms with Gasteiger partial charge < -0.3 is 5.73 Å². The van der Waals surface area contributed by atoms with Crippen molar-refractivity contribution in [2.45, 2.75) is 37.0 Å². The summed E-state index contributed by atoms with van der Waals surface area (Å²) >= 11 is 0. The Labute approximate surface area is 110 Å². The Hall–Kier alpha value is -1.49. The normalized spacial score (nSPS) is 21.6. The van der Waals surface area contributed by atoms with Gasteiger partial charge in [-0.2, -0.15) is 5.10 Å². The monoisotopic (exact) mass is 265 g/mol. The Morgan fingerprint density at radius 2 is 1.95 bits per heavy atom. The third-order valence-electron chi connectivity index (χ3n) is 4.38. The van der Waals surface area contributed by atoms with Crippen LogP contribution in [0.2, 0.25) is 0 Å². The zero-order valence-corrected chi connectivity index (χ0v) is 10.6. The van der Waals surface area contributed by atoms with Gasteiger partial charge in [0.05, 0.1) is 11.7 Å². The molecule has 3 N–H and O–H groups in total. The molecular formula is C14H17F2N3. The van der Waals surface area contributed by atoms with Crippen LogP contribution in [0.3, 0.4) is 0 Å². The molecule has 1 aromatic carbocycles. The van der Waals surface area contributed by atoms with Crippen LogP contribution >= 0.6 is 0 Å². The zero-order valence-electron chi connectivity index (χ0n) is 10.6. The van der Waals surface area contributed by atoms with Gasteiger partial charge in [0.15, 0.2) is 0 Å². The van der Waals surface area contributed by atoms with Crippen molar-refractivity contribution in [1.82, 2.24) is 10.2 Å². The molecule has 1 saturated carbocycles. The minimum atomic E-state index is -2.54. The van der Waals surface area contributed by atoms with Crippen molar-refractivity contribution >= 4 is 10.9 Å². The number of fused-ring (bicyclic) bond motifs is 1. The number of hydrogen-bond donors (Lipinski definition) is 2. The maximum Gasteiger partial charge on any atom is 0.248 e. The highest BCUT2D eigenvalue weighted by Crippen LogP contribution is 2.46. The van der Waals surface area contributed by atoms with Gasteiger partial charge in [-0.25, -0.2) is 8.78 Å². The molecule has 0 saturated heterocycles. The highest BCUT2D eigenvalue weighted by molar-refractivity contribution is 5.82. The van der Waals surface area contributed by atoms with E-state index in [9.17, 15) is 8.78 Å². The highest BCUT2D eigenvalue weighted by Gasteiger charge is 2.44. The molecule has 3 rings (SSSR count). The Bertz CT molecular complexity index is 581. The molecule has 0 unspecified atom stereocenters. The quantitative estimate of drug-likeness (QED) is 0.877. The molecule has 102 valence electrons. The van der Waals surface area contributed by atoms with E-state index in [1.165, 1.54) is 0 Å². The van der Waals surface area contributed by atoms with Crippen molar-refractivity contribution in [2.75, 3.05) is 6.54 Å². The lowest BCUT2D eigenvalue weighted by molar-refractivity contribution is -0.0507. The van der Waals surface area contributed by atoms with Crippen LogP contribution in [0.15, 0.2) is 24.4 Å². The summed E-state index contributed by atoms with van der Waals surface area (Å²) in [5.74, 6) is -2.54. The largest absolute Gasteiger partial charge is 0.330 e. The molecule has 0 atom stereocenters. The highest BCUT2D eigenvalue weighted by atomic mass is 19.3. The van der Waals surface area contributed by atoms with Gasteiger partial charge in [0.1, 0.15) is 0 Å². The van der Waals surface area contributed by atoms with E-state index in [4.69, 9.17) is 5.73 Å². The number of para-hydroxylation sites is 1. The summed E-state index contributed by atoms with van der Waals surface area (Å²) in [6, 6.07) is 5.89. The molecule has 0 radical (unpaired) electrons. The molecule has 2 aromatic rings. The van der Waals surface area contributed by atoms with E-state index in [-0.39, 0.29) is 18.3 Å². The molecule has 1 aliphatic rings. The van der Waals surface area contributed by atoms with E-state index in [1.807, 2.05) is 18.2 Å². The van der Waals surface area contributed by atoms with E-state index in [1.54, 1.807) is 6.20 Å². The van der Waals surface area contributed by atoms with Crippen LogP contribution in [0.5, 0.6) is 0 Å². The van der Waals surface area contributed by atoms with Crippen molar-refractivity contribution in [3.63, 3.8) is 0 Å². The molecule has 1 aliphatic carbocycles. The number of nitrogens with two attached hydrogens (primary N) is 1. The summed E-state index contributed by atoms with van der Waals surface area (Å²) in [4.78, 5) is 0. The lowest BCUT2D eigenvalue weighted by Crippen LogP contribution is -2.42. The Kier molecular flexibility index (Phi) is 2.82. The summed E-state index contributed by atoms with van der Waals surface area (Å²) in [6.07, 6.45) is 2.42. The smallest absolute Gasteiger partial charge is 0.248 e. The van der Waals surface area contributed by atoms with Crippen LogP contribution in [-0.4, -0.2) is 22.7 Å². The number of rotatable bonds is 2. The number of halogens is 2.